The molecule has 4 nitrogen and oxygen atoms in total. The van der Waals surface area contributed by atoms with Gasteiger partial charge in [-0.1, -0.05) is 22.0 Å². The molecule has 0 aromatic carbocycles. The van der Waals surface area contributed by atoms with Crippen molar-refractivity contribution in [1.29, 1.82) is 0 Å². The standard InChI is InChI=1S/C12H12Br2O4/c1-4-5-8(15)17-7(3)9-10(14)11(6(2)13)18-12(9)16/h4-5,7H,1-3H3/b5-4+,11-6-. The Labute approximate surface area is 122 Å². The molecule has 0 aromatic rings. The summed E-state index contributed by atoms with van der Waals surface area (Å²) < 4.78 is 11.4. The Balaban J connectivity index is 2.98. The third-order valence-electron chi connectivity index (χ3n) is 2.17. The normalized spacial score (nSPS) is 20.2. The van der Waals surface area contributed by atoms with Crippen molar-refractivity contribution in [2.75, 3.05) is 0 Å². The molecule has 18 heavy (non-hydrogen) atoms. The van der Waals surface area contributed by atoms with Gasteiger partial charge in [0.1, 0.15) is 6.10 Å². The number of ether oxygens (including phenoxy) is 2. The van der Waals surface area contributed by atoms with Gasteiger partial charge in [0, 0.05) is 10.6 Å². The Bertz CT molecular complexity index is 470. The Morgan fingerprint density at radius 1 is 1.50 bits per heavy atom. The number of allylic oxidation sites excluding steroid dienone is 3. The van der Waals surface area contributed by atoms with Crippen molar-refractivity contribution in [3.05, 3.63) is 32.4 Å². The molecule has 1 aliphatic rings. The average Bonchev–Trinajstić information content (AvgIpc) is 2.54. The second-order valence-electron chi connectivity index (χ2n) is 3.56. The van der Waals surface area contributed by atoms with Crippen LogP contribution in [0.15, 0.2) is 32.4 Å². The summed E-state index contributed by atoms with van der Waals surface area (Å²) in [5, 5.41) is 0. The minimum absolute atomic E-state index is 0.293. The van der Waals surface area contributed by atoms with E-state index in [-0.39, 0.29) is 0 Å². The van der Waals surface area contributed by atoms with E-state index in [0.717, 1.165) is 0 Å². The molecule has 1 heterocycles. The number of carbonyl (C=O) groups is 2. The lowest BCUT2D eigenvalue weighted by atomic mass is 10.1. The predicted octanol–water partition coefficient (Wildman–Crippen LogP) is 3.33. The van der Waals surface area contributed by atoms with Crippen LogP contribution in [0.25, 0.3) is 0 Å². The summed E-state index contributed by atoms with van der Waals surface area (Å²) in [6, 6.07) is 0. The van der Waals surface area contributed by atoms with Gasteiger partial charge in [0.2, 0.25) is 0 Å². The van der Waals surface area contributed by atoms with Gasteiger partial charge in [0.05, 0.1) is 10.1 Å². The minimum atomic E-state index is -0.681. The Kier molecular flexibility index (Phi) is 5.34. The number of hydrogen-bond donors (Lipinski definition) is 0. The van der Waals surface area contributed by atoms with Gasteiger partial charge in [-0.05, 0) is 36.7 Å². The van der Waals surface area contributed by atoms with Crippen molar-refractivity contribution in [3.8, 4) is 0 Å². The molecule has 0 spiro atoms. The Hall–Kier alpha value is -0.880. The Morgan fingerprint density at radius 2 is 2.11 bits per heavy atom. The van der Waals surface area contributed by atoms with Crippen LogP contribution in [0.3, 0.4) is 0 Å². The highest BCUT2D eigenvalue weighted by atomic mass is 79.9. The van der Waals surface area contributed by atoms with Gasteiger partial charge in [0.25, 0.3) is 0 Å². The zero-order valence-corrected chi connectivity index (χ0v) is 13.3. The average molecular weight is 380 g/mol. The van der Waals surface area contributed by atoms with Crippen LogP contribution in [-0.2, 0) is 19.1 Å². The number of esters is 2. The molecule has 98 valence electrons. The van der Waals surface area contributed by atoms with E-state index in [2.05, 4.69) is 31.9 Å². The summed E-state index contributed by atoms with van der Waals surface area (Å²) in [4.78, 5) is 23.0. The van der Waals surface area contributed by atoms with Crippen LogP contribution < -0.4 is 0 Å². The van der Waals surface area contributed by atoms with E-state index in [9.17, 15) is 9.59 Å². The molecule has 0 N–H and O–H groups in total. The first-order chi connectivity index (χ1) is 8.38. The molecule has 0 saturated carbocycles. The summed E-state index contributed by atoms with van der Waals surface area (Å²) >= 11 is 6.52. The summed E-state index contributed by atoms with van der Waals surface area (Å²) in [6.45, 7) is 5.08. The number of rotatable bonds is 3. The lowest BCUT2D eigenvalue weighted by Crippen LogP contribution is -2.19. The SMILES string of the molecule is C/C=C/C(=O)OC(C)C1=C(Br)/C(=C(\C)Br)OC1=O. The van der Waals surface area contributed by atoms with Crippen LogP contribution in [0.5, 0.6) is 0 Å². The second-order valence-corrected chi connectivity index (χ2v) is 5.54. The first-order valence-electron chi connectivity index (χ1n) is 5.20. The third-order valence-corrected chi connectivity index (χ3v) is 3.31. The molecular weight excluding hydrogens is 368 g/mol. The highest BCUT2D eigenvalue weighted by Gasteiger charge is 2.34. The molecular formula is C12H12Br2O4. The van der Waals surface area contributed by atoms with E-state index in [1.165, 1.54) is 6.08 Å². The molecule has 0 saturated heterocycles. The van der Waals surface area contributed by atoms with Crippen molar-refractivity contribution in [2.45, 2.75) is 26.9 Å². The molecule has 0 radical (unpaired) electrons. The number of carbonyl (C=O) groups excluding carboxylic acids is 2. The fourth-order valence-electron chi connectivity index (χ4n) is 1.38. The van der Waals surface area contributed by atoms with Crippen molar-refractivity contribution < 1.29 is 19.1 Å². The van der Waals surface area contributed by atoms with Gasteiger partial charge in [-0.2, -0.15) is 0 Å². The van der Waals surface area contributed by atoms with Gasteiger partial charge >= 0.3 is 11.9 Å². The summed E-state index contributed by atoms with van der Waals surface area (Å²) in [5.74, 6) is -0.612. The quantitative estimate of drug-likeness (QED) is 0.557. The van der Waals surface area contributed by atoms with Crippen LogP contribution in [0.1, 0.15) is 20.8 Å². The highest BCUT2D eigenvalue weighted by Crippen LogP contribution is 2.36. The van der Waals surface area contributed by atoms with Gasteiger partial charge in [-0.25, -0.2) is 9.59 Å². The van der Waals surface area contributed by atoms with Crippen molar-refractivity contribution in [1.82, 2.24) is 0 Å². The molecule has 1 unspecified atom stereocenters. The number of hydrogen-bond acceptors (Lipinski definition) is 4. The minimum Gasteiger partial charge on any atom is -0.454 e. The molecule has 0 fully saturated rings. The maximum atomic E-state index is 11.7. The molecule has 1 atom stereocenters. The lowest BCUT2D eigenvalue weighted by Gasteiger charge is -2.10. The second kappa shape index (κ2) is 6.33. The topological polar surface area (TPSA) is 52.6 Å². The summed E-state index contributed by atoms with van der Waals surface area (Å²) in [7, 11) is 0. The molecule has 0 aliphatic carbocycles. The van der Waals surface area contributed by atoms with E-state index in [1.807, 2.05) is 0 Å². The van der Waals surface area contributed by atoms with Gasteiger partial charge < -0.3 is 9.47 Å². The fourth-order valence-corrected chi connectivity index (χ4v) is 2.79. The lowest BCUT2D eigenvalue weighted by molar-refractivity contribution is -0.142. The fraction of sp³-hybridized carbons (Fsp3) is 0.333. The van der Waals surface area contributed by atoms with Gasteiger partial charge in [0.15, 0.2) is 5.76 Å². The van der Waals surface area contributed by atoms with E-state index < -0.39 is 18.0 Å². The summed E-state index contributed by atoms with van der Waals surface area (Å²) in [5.41, 5.74) is 0.293. The van der Waals surface area contributed by atoms with Crippen molar-refractivity contribution >= 4 is 43.8 Å². The maximum Gasteiger partial charge on any atom is 0.344 e. The predicted molar refractivity (Wildman–Crippen MR) is 74.0 cm³/mol. The zero-order valence-electron chi connectivity index (χ0n) is 10.1. The zero-order chi connectivity index (χ0) is 13.9. The number of halogens is 2. The summed E-state index contributed by atoms with van der Waals surface area (Å²) in [6.07, 6.45) is 2.18. The molecule has 0 bridgehead atoms. The highest BCUT2D eigenvalue weighted by molar-refractivity contribution is 9.12. The molecule has 0 amide bonds. The Morgan fingerprint density at radius 3 is 2.56 bits per heavy atom. The van der Waals surface area contributed by atoms with Crippen LogP contribution in [0.4, 0.5) is 0 Å². The van der Waals surface area contributed by atoms with Gasteiger partial charge in [-0.15, -0.1) is 0 Å². The van der Waals surface area contributed by atoms with E-state index in [0.29, 0.717) is 20.3 Å². The molecule has 6 heteroatoms. The maximum absolute atomic E-state index is 11.7. The molecule has 0 aromatic heterocycles. The smallest absolute Gasteiger partial charge is 0.344 e. The first kappa shape index (κ1) is 15.2. The van der Waals surface area contributed by atoms with E-state index >= 15 is 0 Å². The number of cyclic esters (lactones) is 1. The molecule has 1 rings (SSSR count). The van der Waals surface area contributed by atoms with Crippen LogP contribution >= 0.6 is 31.9 Å². The molecule has 1 aliphatic heterocycles. The third kappa shape index (κ3) is 3.32. The van der Waals surface area contributed by atoms with E-state index in [4.69, 9.17) is 9.47 Å². The van der Waals surface area contributed by atoms with Crippen molar-refractivity contribution in [2.24, 2.45) is 0 Å². The van der Waals surface area contributed by atoms with Gasteiger partial charge in [-0.3, -0.25) is 0 Å². The largest absolute Gasteiger partial charge is 0.454 e. The van der Waals surface area contributed by atoms with E-state index in [1.54, 1.807) is 26.8 Å². The van der Waals surface area contributed by atoms with Crippen LogP contribution in [-0.4, -0.2) is 18.0 Å². The van der Waals surface area contributed by atoms with Crippen LogP contribution in [0.2, 0.25) is 0 Å². The monoisotopic (exact) mass is 378 g/mol. The van der Waals surface area contributed by atoms with Crippen LogP contribution in [0, 0.1) is 0 Å². The van der Waals surface area contributed by atoms with Crippen molar-refractivity contribution in [3.63, 3.8) is 0 Å². The first-order valence-corrected chi connectivity index (χ1v) is 6.79.